The van der Waals surface area contributed by atoms with Gasteiger partial charge in [-0.3, -0.25) is 14.6 Å². The SMILES string of the molecule is CCCCCN1CCN(c2ccc(S(=O)(=O)Nc3ccc(CCNC[C@H](O)c4cccnc4)cc3)cc2)C1=O. The minimum atomic E-state index is -3.77. The summed E-state index contributed by atoms with van der Waals surface area (Å²) in [5.41, 5.74) is 2.98. The lowest BCUT2D eigenvalue weighted by atomic mass is 10.1. The number of rotatable bonds is 14. The number of anilines is 2. The highest BCUT2D eigenvalue weighted by Crippen LogP contribution is 2.24. The molecule has 0 spiro atoms. The lowest BCUT2D eigenvalue weighted by molar-refractivity contribution is 0.174. The van der Waals surface area contributed by atoms with Crippen LogP contribution in [0.2, 0.25) is 0 Å². The molecule has 208 valence electrons. The smallest absolute Gasteiger partial charge is 0.324 e. The van der Waals surface area contributed by atoms with Crippen molar-refractivity contribution in [3.63, 3.8) is 0 Å². The fourth-order valence-corrected chi connectivity index (χ4v) is 5.56. The summed E-state index contributed by atoms with van der Waals surface area (Å²) in [6.45, 7) is 5.27. The number of aliphatic hydroxyl groups is 1. The first-order valence-corrected chi connectivity index (χ1v) is 14.9. The molecule has 39 heavy (non-hydrogen) atoms. The van der Waals surface area contributed by atoms with Gasteiger partial charge in [0.2, 0.25) is 0 Å². The van der Waals surface area contributed by atoms with Crippen LogP contribution in [0.4, 0.5) is 16.2 Å². The number of benzene rings is 2. The van der Waals surface area contributed by atoms with Crippen molar-refractivity contribution in [1.82, 2.24) is 15.2 Å². The predicted octanol–water partition coefficient (Wildman–Crippen LogP) is 4.18. The van der Waals surface area contributed by atoms with Crippen LogP contribution >= 0.6 is 0 Å². The molecule has 9 nitrogen and oxygen atoms in total. The van der Waals surface area contributed by atoms with E-state index in [1.807, 2.05) is 23.1 Å². The summed E-state index contributed by atoms with van der Waals surface area (Å²) in [6, 6.07) is 17.3. The van der Waals surface area contributed by atoms with E-state index in [1.165, 1.54) is 12.1 Å². The summed E-state index contributed by atoms with van der Waals surface area (Å²) in [6.07, 6.45) is 6.64. The van der Waals surface area contributed by atoms with Crippen LogP contribution < -0.4 is 14.9 Å². The van der Waals surface area contributed by atoms with Gasteiger partial charge >= 0.3 is 6.03 Å². The third-order valence-electron chi connectivity index (χ3n) is 6.79. The first-order chi connectivity index (χ1) is 18.9. The van der Waals surface area contributed by atoms with Crippen molar-refractivity contribution in [3.05, 3.63) is 84.2 Å². The number of aromatic nitrogens is 1. The number of urea groups is 1. The van der Waals surface area contributed by atoms with E-state index in [0.717, 1.165) is 43.4 Å². The molecule has 2 heterocycles. The Hall–Kier alpha value is -3.47. The Morgan fingerprint density at radius 1 is 1.03 bits per heavy atom. The maximum absolute atomic E-state index is 12.9. The number of sulfonamides is 1. The number of amides is 2. The lowest BCUT2D eigenvalue weighted by Gasteiger charge is -2.19. The van der Waals surface area contributed by atoms with Crippen LogP contribution in [0.25, 0.3) is 0 Å². The molecule has 3 aromatic rings. The Labute approximate surface area is 230 Å². The van der Waals surface area contributed by atoms with E-state index in [1.54, 1.807) is 47.6 Å². The highest BCUT2D eigenvalue weighted by molar-refractivity contribution is 7.92. The van der Waals surface area contributed by atoms with Gasteiger partial charge in [-0.2, -0.15) is 0 Å². The lowest BCUT2D eigenvalue weighted by Crippen LogP contribution is -2.32. The molecule has 1 atom stereocenters. The molecule has 0 saturated carbocycles. The van der Waals surface area contributed by atoms with Crippen LogP contribution in [0.3, 0.4) is 0 Å². The van der Waals surface area contributed by atoms with Gasteiger partial charge < -0.3 is 15.3 Å². The summed E-state index contributed by atoms with van der Waals surface area (Å²) >= 11 is 0. The second-order valence-corrected chi connectivity index (χ2v) is 11.4. The molecule has 1 fully saturated rings. The van der Waals surface area contributed by atoms with Crippen molar-refractivity contribution < 1.29 is 18.3 Å². The Morgan fingerprint density at radius 3 is 2.49 bits per heavy atom. The number of carbonyl (C=O) groups excluding carboxylic acids is 1. The molecule has 10 heteroatoms. The number of hydrogen-bond acceptors (Lipinski definition) is 6. The van der Waals surface area contributed by atoms with E-state index in [9.17, 15) is 18.3 Å². The molecule has 1 aliphatic heterocycles. The highest BCUT2D eigenvalue weighted by atomic mass is 32.2. The van der Waals surface area contributed by atoms with Crippen LogP contribution in [-0.2, 0) is 16.4 Å². The number of carbonyl (C=O) groups is 1. The number of hydrogen-bond donors (Lipinski definition) is 3. The maximum atomic E-state index is 12.9. The molecule has 2 aromatic carbocycles. The second kappa shape index (κ2) is 13.5. The molecule has 1 saturated heterocycles. The summed E-state index contributed by atoms with van der Waals surface area (Å²) in [5.74, 6) is 0. The van der Waals surface area contributed by atoms with Crippen LogP contribution in [0.1, 0.15) is 43.4 Å². The van der Waals surface area contributed by atoms with Crippen molar-refractivity contribution in [2.75, 3.05) is 42.3 Å². The first kappa shape index (κ1) is 28.5. The quantitative estimate of drug-likeness (QED) is 0.259. The van der Waals surface area contributed by atoms with Crippen LogP contribution in [0.5, 0.6) is 0 Å². The van der Waals surface area contributed by atoms with E-state index < -0.39 is 16.1 Å². The number of aliphatic hydroxyl groups excluding tert-OH is 1. The summed E-state index contributed by atoms with van der Waals surface area (Å²) in [7, 11) is -3.77. The Kier molecular flexibility index (Phi) is 9.91. The van der Waals surface area contributed by atoms with E-state index in [-0.39, 0.29) is 10.9 Å². The normalized spacial score (nSPS) is 14.6. The molecular weight excluding hydrogens is 514 g/mol. The van der Waals surface area contributed by atoms with Crippen molar-refractivity contribution in [2.45, 2.75) is 43.6 Å². The van der Waals surface area contributed by atoms with Gasteiger partial charge in [0, 0.05) is 55.5 Å². The van der Waals surface area contributed by atoms with Gasteiger partial charge in [-0.25, -0.2) is 13.2 Å². The van der Waals surface area contributed by atoms with Crippen molar-refractivity contribution in [3.8, 4) is 0 Å². The third-order valence-corrected chi connectivity index (χ3v) is 8.19. The van der Waals surface area contributed by atoms with Crippen LogP contribution in [0.15, 0.2) is 78.0 Å². The number of unbranched alkanes of at least 4 members (excludes halogenated alkanes) is 2. The molecule has 4 rings (SSSR count). The zero-order valence-electron chi connectivity index (χ0n) is 22.3. The molecule has 0 aliphatic carbocycles. The van der Waals surface area contributed by atoms with E-state index in [0.29, 0.717) is 37.6 Å². The predicted molar refractivity (Wildman–Crippen MR) is 153 cm³/mol. The van der Waals surface area contributed by atoms with Crippen molar-refractivity contribution >= 4 is 27.4 Å². The van der Waals surface area contributed by atoms with Gasteiger partial charge in [-0.1, -0.05) is 38.0 Å². The monoisotopic (exact) mass is 551 g/mol. The fraction of sp³-hybridized carbons (Fsp3) is 0.379. The standard InChI is InChI=1S/C29H37N5O4S/c1-2-3-4-18-33-19-20-34(29(33)36)26-11-13-27(14-12-26)39(37,38)32-25-9-7-23(8-10-25)15-17-31-22-28(35)24-6-5-16-30-21-24/h5-14,16,21,28,31-32,35H,2-4,15,17-20,22H2,1H3/t28-/m0/s1. The molecular formula is C29H37N5O4S. The minimum Gasteiger partial charge on any atom is -0.387 e. The third kappa shape index (κ3) is 7.78. The molecule has 3 N–H and O–H groups in total. The topological polar surface area (TPSA) is 115 Å². The van der Waals surface area contributed by atoms with E-state index in [2.05, 4.69) is 21.9 Å². The van der Waals surface area contributed by atoms with Gasteiger partial charge in [-0.15, -0.1) is 0 Å². The van der Waals surface area contributed by atoms with Crippen LogP contribution in [0, 0.1) is 0 Å². The van der Waals surface area contributed by atoms with Crippen LogP contribution in [-0.4, -0.2) is 62.2 Å². The Morgan fingerprint density at radius 2 is 1.79 bits per heavy atom. The Balaban J connectivity index is 1.26. The average molecular weight is 552 g/mol. The molecule has 1 aliphatic rings. The zero-order chi connectivity index (χ0) is 27.7. The number of nitrogens with one attached hydrogen (secondary N) is 2. The van der Waals surface area contributed by atoms with Gasteiger partial charge in [0.15, 0.2) is 0 Å². The molecule has 2 amide bonds. The highest BCUT2D eigenvalue weighted by Gasteiger charge is 2.29. The number of nitrogens with zero attached hydrogens (tertiary/aromatic N) is 3. The number of pyridine rings is 1. The minimum absolute atomic E-state index is 0.0280. The van der Waals surface area contributed by atoms with E-state index >= 15 is 0 Å². The van der Waals surface area contributed by atoms with Crippen molar-refractivity contribution in [2.24, 2.45) is 0 Å². The van der Waals surface area contributed by atoms with Gasteiger partial charge in [-0.05, 0) is 67.4 Å². The first-order valence-electron chi connectivity index (χ1n) is 13.4. The molecule has 1 aromatic heterocycles. The molecule has 0 radical (unpaired) electrons. The zero-order valence-corrected chi connectivity index (χ0v) is 23.1. The molecule has 0 bridgehead atoms. The summed E-state index contributed by atoms with van der Waals surface area (Å²) in [5, 5.41) is 13.4. The average Bonchev–Trinajstić information content (AvgIpc) is 3.32. The van der Waals surface area contributed by atoms with Gasteiger partial charge in [0.05, 0.1) is 11.0 Å². The largest absolute Gasteiger partial charge is 0.387 e. The second-order valence-electron chi connectivity index (χ2n) is 9.68. The van der Waals surface area contributed by atoms with Crippen molar-refractivity contribution in [1.29, 1.82) is 0 Å². The molecule has 0 unspecified atom stereocenters. The maximum Gasteiger partial charge on any atom is 0.324 e. The van der Waals surface area contributed by atoms with Gasteiger partial charge in [0.1, 0.15) is 0 Å². The summed E-state index contributed by atoms with van der Waals surface area (Å²) < 4.78 is 28.5. The van der Waals surface area contributed by atoms with Gasteiger partial charge in [0.25, 0.3) is 10.0 Å². The Bertz CT molecular complexity index is 1300. The van der Waals surface area contributed by atoms with E-state index in [4.69, 9.17) is 0 Å². The summed E-state index contributed by atoms with van der Waals surface area (Å²) in [4.78, 5) is 20.4. The fourth-order valence-electron chi connectivity index (χ4n) is 4.50.